The molecule has 1 aromatic carbocycles. The third kappa shape index (κ3) is 2.56. The Hall–Kier alpha value is -0.870. The molecule has 0 atom stereocenters. The van der Waals surface area contributed by atoms with Gasteiger partial charge in [0.15, 0.2) is 0 Å². The van der Waals surface area contributed by atoms with E-state index in [2.05, 4.69) is 0 Å². The predicted molar refractivity (Wildman–Crippen MR) is 50.8 cm³/mol. The molecule has 0 fully saturated rings. The summed E-state index contributed by atoms with van der Waals surface area (Å²) < 4.78 is 25.7. The van der Waals surface area contributed by atoms with E-state index in [1.807, 2.05) is 0 Å². The van der Waals surface area contributed by atoms with Crippen molar-refractivity contribution < 1.29 is 13.9 Å². The van der Waals surface area contributed by atoms with Gasteiger partial charge in [-0.3, -0.25) is 0 Å². The van der Waals surface area contributed by atoms with E-state index in [4.69, 9.17) is 17.3 Å². The molecule has 14 heavy (non-hydrogen) atoms. The van der Waals surface area contributed by atoms with Gasteiger partial charge >= 0.3 is 0 Å². The number of phenols is 1. The van der Waals surface area contributed by atoms with Gasteiger partial charge in [0.1, 0.15) is 5.75 Å². The summed E-state index contributed by atoms with van der Waals surface area (Å²) >= 11 is 5.56. The molecule has 0 saturated carbocycles. The Balaban J connectivity index is 2.92. The van der Waals surface area contributed by atoms with Crippen molar-refractivity contribution in [3.05, 3.63) is 28.8 Å². The normalized spacial score (nSPS) is 11.7. The summed E-state index contributed by atoms with van der Waals surface area (Å²) in [7, 11) is 0. The second-order valence-electron chi connectivity index (χ2n) is 2.98. The zero-order chi connectivity index (χ0) is 10.8. The van der Waals surface area contributed by atoms with Crippen molar-refractivity contribution >= 4 is 11.6 Å². The predicted octanol–water partition coefficient (Wildman–Crippen LogP) is 2.18. The smallest absolute Gasteiger partial charge is 0.264 e. The highest BCUT2D eigenvalue weighted by Crippen LogP contribution is 2.30. The monoisotopic (exact) mass is 221 g/mol. The lowest BCUT2D eigenvalue weighted by atomic mass is 10.1. The number of benzene rings is 1. The summed E-state index contributed by atoms with van der Waals surface area (Å²) in [6.45, 7) is -0.751. The quantitative estimate of drug-likeness (QED) is 0.822. The fourth-order valence-corrected chi connectivity index (χ4v) is 1.25. The molecule has 0 aliphatic carbocycles. The van der Waals surface area contributed by atoms with Gasteiger partial charge in [0, 0.05) is 12.0 Å². The van der Waals surface area contributed by atoms with Crippen molar-refractivity contribution in [1.82, 2.24) is 0 Å². The van der Waals surface area contributed by atoms with Crippen LogP contribution in [0.1, 0.15) is 5.56 Å². The summed E-state index contributed by atoms with van der Waals surface area (Å²) in [6.07, 6.45) is -0.601. The van der Waals surface area contributed by atoms with Gasteiger partial charge in [0.05, 0.1) is 11.6 Å². The van der Waals surface area contributed by atoms with Gasteiger partial charge in [0.25, 0.3) is 5.92 Å². The zero-order valence-corrected chi connectivity index (χ0v) is 8.06. The molecule has 0 amide bonds. The van der Waals surface area contributed by atoms with Gasteiger partial charge in [-0.15, -0.1) is 0 Å². The van der Waals surface area contributed by atoms with Crippen molar-refractivity contribution in [1.29, 1.82) is 0 Å². The van der Waals surface area contributed by atoms with Gasteiger partial charge < -0.3 is 10.8 Å². The molecule has 0 heterocycles. The van der Waals surface area contributed by atoms with Crippen molar-refractivity contribution in [3.63, 3.8) is 0 Å². The van der Waals surface area contributed by atoms with Crippen LogP contribution in [0.3, 0.4) is 0 Å². The number of hydrogen-bond donors (Lipinski definition) is 2. The highest BCUT2D eigenvalue weighted by molar-refractivity contribution is 6.32. The topological polar surface area (TPSA) is 46.2 Å². The molecule has 1 rings (SSSR count). The fourth-order valence-electron chi connectivity index (χ4n) is 1.05. The van der Waals surface area contributed by atoms with Crippen molar-refractivity contribution in [2.24, 2.45) is 5.73 Å². The third-order valence-corrected chi connectivity index (χ3v) is 2.12. The van der Waals surface area contributed by atoms with Crippen LogP contribution < -0.4 is 5.73 Å². The average Bonchev–Trinajstić information content (AvgIpc) is 2.13. The van der Waals surface area contributed by atoms with Crippen molar-refractivity contribution in [2.45, 2.75) is 12.3 Å². The first-order chi connectivity index (χ1) is 6.46. The van der Waals surface area contributed by atoms with Gasteiger partial charge in [-0.05, 0) is 6.07 Å². The van der Waals surface area contributed by atoms with E-state index < -0.39 is 18.9 Å². The molecule has 0 bridgehead atoms. The molecule has 0 radical (unpaired) electrons. The van der Waals surface area contributed by atoms with Crippen LogP contribution in [0, 0.1) is 0 Å². The number of halogens is 3. The minimum absolute atomic E-state index is 0.0651. The zero-order valence-electron chi connectivity index (χ0n) is 7.30. The van der Waals surface area contributed by atoms with Crippen LogP contribution in [0.25, 0.3) is 0 Å². The lowest BCUT2D eigenvalue weighted by molar-refractivity contribution is 0.0109. The number of nitrogens with two attached hydrogens (primary N) is 1. The number of para-hydroxylation sites is 1. The molecule has 0 unspecified atom stereocenters. The van der Waals surface area contributed by atoms with Crippen molar-refractivity contribution in [2.75, 3.05) is 6.54 Å². The Labute approximate surface area is 85.3 Å². The molecule has 0 saturated heterocycles. The summed E-state index contributed by atoms with van der Waals surface area (Å²) in [4.78, 5) is 0. The van der Waals surface area contributed by atoms with Crippen LogP contribution in [0.2, 0.25) is 5.02 Å². The number of hydrogen-bond acceptors (Lipinski definition) is 2. The molecule has 3 N–H and O–H groups in total. The van der Waals surface area contributed by atoms with E-state index in [0.717, 1.165) is 0 Å². The van der Waals surface area contributed by atoms with E-state index in [1.165, 1.54) is 18.2 Å². The molecule has 0 aromatic heterocycles. The molecule has 78 valence electrons. The second-order valence-corrected chi connectivity index (χ2v) is 3.39. The molecule has 1 aromatic rings. The molecule has 0 aliphatic rings. The molecular formula is C9H10ClF2NO. The molecular weight excluding hydrogens is 212 g/mol. The number of phenolic OH excluding ortho intramolecular Hbond substituents is 1. The Bertz CT molecular complexity index is 331. The van der Waals surface area contributed by atoms with Crippen LogP contribution >= 0.6 is 11.6 Å². The van der Waals surface area contributed by atoms with Crippen LogP contribution in [0.4, 0.5) is 8.78 Å². The Morgan fingerprint density at radius 3 is 2.64 bits per heavy atom. The SMILES string of the molecule is NCC(F)(F)Cc1cccc(Cl)c1O. The van der Waals surface area contributed by atoms with E-state index in [0.29, 0.717) is 0 Å². The van der Waals surface area contributed by atoms with E-state index in [1.54, 1.807) is 0 Å². The Morgan fingerprint density at radius 2 is 2.07 bits per heavy atom. The van der Waals surface area contributed by atoms with Gasteiger partial charge in [-0.2, -0.15) is 0 Å². The van der Waals surface area contributed by atoms with Crippen molar-refractivity contribution in [3.8, 4) is 5.75 Å². The maximum Gasteiger partial charge on any atom is 0.264 e. The lowest BCUT2D eigenvalue weighted by Crippen LogP contribution is -2.30. The highest BCUT2D eigenvalue weighted by atomic mass is 35.5. The molecule has 0 spiro atoms. The summed E-state index contributed by atoms with van der Waals surface area (Å²) in [5, 5.41) is 9.42. The number of aromatic hydroxyl groups is 1. The average molecular weight is 222 g/mol. The minimum Gasteiger partial charge on any atom is -0.506 e. The second kappa shape index (κ2) is 4.11. The van der Waals surface area contributed by atoms with Crippen LogP contribution in [-0.2, 0) is 6.42 Å². The minimum atomic E-state index is -3.01. The molecule has 5 heteroatoms. The largest absolute Gasteiger partial charge is 0.506 e. The Kier molecular flexibility index (Phi) is 3.29. The van der Waals surface area contributed by atoms with E-state index in [9.17, 15) is 13.9 Å². The first-order valence-electron chi connectivity index (χ1n) is 4.00. The van der Waals surface area contributed by atoms with Gasteiger partial charge in [-0.1, -0.05) is 23.7 Å². The third-order valence-electron chi connectivity index (χ3n) is 1.82. The van der Waals surface area contributed by atoms with Gasteiger partial charge in [-0.25, -0.2) is 8.78 Å². The lowest BCUT2D eigenvalue weighted by Gasteiger charge is -2.14. The maximum atomic E-state index is 12.9. The van der Waals surface area contributed by atoms with Crippen LogP contribution in [-0.4, -0.2) is 17.6 Å². The maximum absolute atomic E-state index is 12.9. The molecule has 0 aliphatic heterocycles. The summed E-state index contributed by atoms with van der Waals surface area (Å²) in [6, 6.07) is 4.33. The number of alkyl halides is 2. The number of rotatable bonds is 3. The fraction of sp³-hybridized carbons (Fsp3) is 0.333. The Morgan fingerprint density at radius 1 is 1.43 bits per heavy atom. The highest BCUT2D eigenvalue weighted by Gasteiger charge is 2.28. The first kappa shape index (κ1) is 11.2. The standard InChI is InChI=1S/C9H10ClF2NO/c10-7-3-1-2-6(8(7)14)4-9(11,12)5-13/h1-3,14H,4-5,13H2. The summed E-state index contributed by atoms with van der Waals surface area (Å²) in [5.74, 6) is -3.32. The van der Waals surface area contributed by atoms with Crippen LogP contribution in [0.5, 0.6) is 5.75 Å². The summed E-state index contributed by atoms with van der Waals surface area (Å²) in [5.41, 5.74) is 4.98. The van der Waals surface area contributed by atoms with E-state index >= 15 is 0 Å². The van der Waals surface area contributed by atoms with Gasteiger partial charge in [0.2, 0.25) is 0 Å². The first-order valence-corrected chi connectivity index (χ1v) is 4.38. The van der Waals surface area contributed by atoms with Crippen LogP contribution in [0.15, 0.2) is 18.2 Å². The molecule has 2 nitrogen and oxygen atoms in total. The van der Waals surface area contributed by atoms with E-state index in [-0.39, 0.29) is 16.3 Å².